The summed E-state index contributed by atoms with van der Waals surface area (Å²) < 4.78 is 0. The number of aliphatic hydroxyl groups excluding tert-OH is 1. The minimum absolute atomic E-state index is 0.0479. The number of carboxylic acid groups (broad SMARTS) is 1. The maximum absolute atomic E-state index is 12.5. The number of amides is 3. The zero-order valence-electron chi connectivity index (χ0n) is 15.1. The van der Waals surface area contributed by atoms with Gasteiger partial charge in [-0.2, -0.15) is 12.6 Å². The fraction of sp³-hybridized carbons (Fsp3) is 0.733. The molecule has 0 bridgehead atoms. The van der Waals surface area contributed by atoms with Gasteiger partial charge in [-0.05, 0) is 19.3 Å². The summed E-state index contributed by atoms with van der Waals surface area (Å²) in [7, 11) is 0. The van der Waals surface area contributed by atoms with Crippen molar-refractivity contribution in [1.82, 2.24) is 16.0 Å². The molecule has 0 saturated heterocycles. The van der Waals surface area contributed by atoms with E-state index in [2.05, 4.69) is 28.6 Å². The number of aliphatic hydroxyl groups is 1. The van der Waals surface area contributed by atoms with Crippen molar-refractivity contribution >= 4 is 36.3 Å². The fourth-order valence-corrected chi connectivity index (χ4v) is 2.16. The normalized spacial score (nSPS) is 15.5. The molecule has 0 aliphatic rings. The first kappa shape index (κ1) is 24.1. The number of hydrogen-bond donors (Lipinski definition) is 7. The van der Waals surface area contributed by atoms with Crippen molar-refractivity contribution in [3.05, 3.63) is 0 Å². The largest absolute Gasteiger partial charge is 0.480 e. The van der Waals surface area contributed by atoms with Gasteiger partial charge in [0.25, 0.3) is 0 Å². The van der Waals surface area contributed by atoms with Gasteiger partial charge in [-0.15, -0.1) is 0 Å². The van der Waals surface area contributed by atoms with Gasteiger partial charge in [-0.1, -0.05) is 13.8 Å². The number of nitrogens with two attached hydrogens (primary N) is 1. The molecular formula is C15H28N4O6S. The lowest BCUT2D eigenvalue weighted by Gasteiger charge is -2.24. The third kappa shape index (κ3) is 8.50. The average molecular weight is 392 g/mol. The molecule has 26 heavy (non-hydrogen) atoms. The Balaban J connectivity index is 5.04. The van der Waals surface area contributed by atoms with Crippen LogP contribution in [-0.4, -0.2) is 70.4 Å². The molecule has 4 unspecified atom stereocenters. The van der Waals surface area contributed by atoms with Crippen LogP contribution in [0.1, 0.15) is 27.2 Å². The van der Waals surface area contributed by atoms with Gasteiger partial charge in [0.15, 0.2) is 0 Å². The van der Waals surface area contributed by atoms with Gasteiger partial charge in [0.05, 0.1) is 6.61 Å². The maximum Gasteiger partial charge on any atom is 0.325 e. The predicted octanol–water partition coefficient (Wildman–Crippen LogP) is -2.16. The van der Waals surface area contributed by atoms with E-state index in [4.69, 9.17) is 15.9 Å². The Morgan fingerprint density at radius 3 is 1.88 bits per heavy atom. The summed E-state index contributed by atoms with van der Waals surface area (Å²) in [5.74, 6) is -3.26. The summed E-state index contributed by atoms with van der Waals surface area (Å²) in [6.45, 7) is 4.40. The zero-order chi connectivity index (χ0) is 20.4. The highest BCUT2D eigenvalue weighted by Crippen LogP contribution is 2.06. The second-order valence-corrected chi connectivity index (χ2v) is 6.66. The molecule has 150 valence electrons. The van der Waals surface area contributed by atoms with Gasteiger partial charge in [0.1, 0.15) is 24.2 Å². The van der Waals surface area contributed by atoms with Crippen molar-refractivity contribution in [3.8, 4) is 0 Å². The Labute approximate surface area is 157 Å². The quantitative estimate of drug-likeness (QED) is 0.196. The topological polar surface area (TPSA) is 171 Å². The third-order valence-corrected chi connectivity index (χ3v) is 3.78. The van der Waals surface area contributed by atoms with Crippen LogP contribution in [0.25, 0.3) is 0 Å². The van der Waals surface area contributed by atoms with Crippen molar-refractivity contribution in [2.24, 2.45) is 11.7 Å². The van der Waals surface area contributed by atoms with E-state index in [-0.39, 0.29) is 18.1 Å². The Kier molecular flexibility index (Phi) is 10.9. The van der Waals surface area contributed by atoms with E-state index < -0.39 is 54.5 Å². The Morgan fingerprint density at radius 1 is 0.962 bits per heavy atom. The van der Waals surface area contributed by atoms with Gasteiger partial charge in [-0.25, -0.2) is 0 Å². The average Bonchev–Trinajstić information content (AvgIpc) is 2.56. The highest BCUT2D eigenvalue weighted by atomic mass is 32.1. The smallest absolute Gasteiger partial charge is 0.325 e. The monoisotopic (exact) mass is 392 g/mol. The molecule has 0 aromatic rings. The summed E-state index contributed by atoms with van der Waals surface area (Å²) in [6, 6.07) is -4.34. The van der Waals surface area contributed by atoms with Crippen molar-refractivity contribution in [2.45, 2.75) is 51.4 Å². The molecule has 0 spiro atoms. The molecule has 0 aliphatic heterocycles. The second kappa shape index (κ2) is 11.7. The Hall–Kier alpha value is -1.85. The molecule has 0 aromatic carbocycles. The molecule has 0 aromatic heterocycles. The van der Waals surface area contributed by atoms with Gasteiger partial charge in [-0.3, -0.25) is 19.2 Å². The lowest BCUT2D eigenvalue weighted by Crippen LogP contribution is -2.57. The summed E-state index contributed by atoms with van der Waals surface area (Å²) in [5.41, 5.74) is 5.43. The van der Waals surface area contributed by atoms with Gasteiger partial charge >= 0.3 is 5.97 Å². The van der Waals surface area contributed by atoms with Crippen molar-refractivity contribution in [2.75, 3.05) is 12.4 Å². The molecule has 11 heteroatoms. The van der Waals surface area contributed by atoms with Gasteiger partial charge in [0.2, 0.25) is 17.7 Å². The number of nitrogens with one attached hydrogen (secondary N) is 3. The van der Waals surface area contributed by atoms with E-state index in [0.717, 1.165) is 0 Å². The molecular weight excluding hydrogens is 364 g/mol. The van der Waals surface area contributed by atoms with E-state index in [1.165, 1.54) is 6.92 Å². The lowest BCUT2D eigenvalue weighted by molar-refractivity contribution is -0.141. The number of aliphatic carboxylic acids is 1. The molecule has 7 N–H and O–H groups in total. The first-order valence-electron chi connectivity index (χ1n) is 8.14. The van der Waals surface area contributed by atoms with E-state index in [1.807, 2.05) is 13.8 Å². The van der Waals surface area contributed by atoms with Crippen molar-refractivity contribution < 1.29 is 29.4 Å². The third-order valence-electron chi connectivity index (χ3n) is 3.42. The summed E-state index contributed by atoms with van der Waals surface area (Å²) in [6.07, 6.45) is 0.280. The molecule has 0 saturated carbocycles. The molecule has 0 rings (SSSR count). The van der Waals surface area contributed by atoms with Crippen LogP contribution in [0.4, 0.5) is 0 Å². The van der Waals surface area contributed by atoms with Crippen molar-refractivity contribution in [1.29, 1.82) is 0 Å². The first-order valence-corrected chi connectivity index (χ1v) is 8.77. The van der Waals surface area contributed by atoms with E-state index in [0.29, 0.717) is 0 Å². The molecule has 0 heterocycles. The number of rotatable bonds is 11. The minimum atomic E-state index is -1.22. The van der Waals surface area contributed by atoms with Crippen LogP contribution in [0.3, 0.4) is 0 Å². The Morgan fingerprint density at radius 2 is 1.46 bits per heavy atom. The maximum atomic E-state index is 12.5. The highest BCUT2D eigenvalue weighted by Gasteiger charge is 2.29. The number of carbonyl (C=O) groups excluding carboxylic acids is 3. The first-order chi connectivity index (χ1) is 12.0. The Bertz CT molecular complexity index is 516. The number of carbonyl (C=O) groups is 4. The highest BCUT2D eigenvalue weighted by molar-refractivity contribution is 7.80. The second-order valence-electron chi connectivity index (χ2n) is 6.29. The molecule has 4 atom stereocenters. The van der Waals surface area contributed by atoms with Crippen LogP contribution in [0.5, 0.6) is 0 Å². The predicted molar refractivity (Wildman–Crippen MR) is 97.5 cm³/mol. The van der Waals surface area contributed by atoms with Gasteiger partial charge in [0, 0.05) is 5.75 Å². The van der Waals surface area contributed by atoms with Crippen LogP contribution < -0.4 is 21.7 Å². The van der Waals surface area contributed by atoms with Crippen LogP contribution in [0.2, 0.25) is 0 Å². The van der Waals surface area contributed by atoms with Crippen LogP contribution in [-0.2, 0) is 19.2 Å². The summed E-state index contributed by atoms with van der Waals surface area (Å²) in [5, 5.41) is 24.9. The van der Waals surface area contributed by atoms with E-state index in [9.17, 15) is 19.2 Å². The van der Waals surface area contributed by atoms with E-state index >= 15 is 0 Å². The summed E-state index contributed by atoms with van der Waals surface area (Å²) in [4.78, 5) is 47.2. The van der Waals surface area contributed by atoms with Crippen LogP contribution in [0, 0.1) is 5.92 Å². The fourth-order valence-electron chi connectivity index (χ4n) is 1.91. The standard InChI is InChI=1S/C15H28N4O6S/c1-7(2)4-10(18-12(21)9(16)5-20)13(22)19-11(6-26)14(23)17-8(3)15(24)25/h7-11,20,26H,4-6,16H2,1-3H3,(H,17,23)(H,18,21)(H,19,22)(H,24,25). The molecule has 10 nitrogen and oxygen atoms in total. The van der Waals surface area contributed by atoms with Gasteiger partial charge < -0.3 is 31.9 Å². The van der Waals surface area contributed by atoms with Crippen LogP contribution in [0.15, 0.2) is 0 Å². The SMILES string of the molecule is CC(C)CC(NC(=O)C(N)CO)C(=O)NC(CS)C(=O)NC(C)C(=O)O. The lowest BCUT2D eigenvalue weighted by atomic mass is 10.0. The number of hydrogen-bond acceptors (Lipinski definition) is 7. The molecule has 0 fully saturated rings. The number of thiol groups is 1. The summed E-state index contributed by atoms with van der Waals surface area (Å²) >= 11 is 4.00. The minimum Gasteiger partial charge on any atom is -0.480 e. The van der Waals surface area contributed by atoms with E-state index in [1.54, 1.807) is 0 Å². The molecule has 0 aliphatic carbocycles. The molecule has 3 amide bonds. The molecule has 0 radical (unpaired) electrons. The van der Waals surface area contributed by atoms with Crippen molar-refractivity contribution in [3.63, 3.8) is 0 Å². The zero-order valence-corrected chi connectivity index (χ0v) is 16.0. The number of carboxylic acids is 1. The van der Waals surface area contributed by atoms with Crippen LogP contribution >= 0.6 is 12.6 Å².